The number of carboxylic acid groups (broad SMARTS) is 1. The van der Waals surface area contributed by atoms with E-state index in [-0.39, 0.29) is 5.57 Å². The minimum absolute atomic E-state index is 0.118. The lowest BCUT2D eigenvalue weighted by molar-refractivity contribution is -0.139. The molecule has 0 aliphatic heterocycles. The van der Waals surface area contributed by atoms with E-state index in [9.17, 15) is 14.9 Å². The number of carbonyl (C=O) groups is 2. The molecule has 2 aromatic carbocycles. The van der Waals surface area contributed by atoms with Crippen LogP contribution in [0.3, 0.4) is 0 Å². The smallest absolute Gasteiger partial charge is 0.341 e. The Bertz CT molecular complexity index is 947. The fourth-order valence-corrected chi connectivity index (χ4v) is 3.66. The summed E-state index contributed by atoms with van der Waals surface area (Å²) in [5.74, 6) is -1.39. The molecule has 0 radical (unpaired) electrons. The summed E-state index contributed by atoms with van der Waals surface area (Å²) in [4.78, 5) is 23.0. The number of hydrogen-bond acceptors (Lipinski definition) is 4. The van der Waals surface area contributed by atoms with Crippen LogP contribution >= 0.6 is 43.5 Å². The van der Waals surface area contributed by atoms with Crippen molar-refractivity contribution in [2.45, 2.75) is 0 Å². The van der Waals surface area contributed by atoms with Crippen LogP contribution in [0.4, 0.5) is 5.69 Å². The Morgan fingerprint density at radius 1 is 1.26 bits per heavy atom. The zero-order chi connectivity index (χ0) is 20.0. The van der Waals surface area contributed by atoms with Gasteiger partial charge in [0.05, 0.1) is 8.95 Å². The molecule has 2 rings (SSSR count). The molecular weight excluding hydrogens is 503 g/mol. The first-order valence-electron chi connectivity index (χ1n) is 7.32. The number of carboxylic acids is 1. The van der Waals surface area contributed by atoms with Crippen LogP contribution in [-0.2, 0) is 9.59 Å². The summed E-state index contributed by atoms with van der Waals surface area (Å²) >= 11 is 12.4. The van der Waals surface area contributed by atoms with Gasteiger partial charge in [0.2, 0.25) is 0 Å². The van der Waals surface area contributed by atoms with Crippen LogP contribution in [0.5, 0.6) is 5.75 Å². The zero-order valence-corrected chi connectivity index (χ0v) is 17.4. The highest BCUT2D eigenvalue weighted by Crippen LogP contribution is 2.35. The Morgan fingerprint density at radius 3 is 2.48 bits per heavy atom. The van der Waals surface area contributed by atoms with E-state index in [2.05, 4.69) is 37.2 Å². The van der Waals surface area contributed by atoms with Gasteiger partial charge in [-0.05, 0) is 73.8 Å². The highest BCUT2D eigenvalue weighted by Gasteiger charge is 2.13. The van der Waals surface area contributed by atoms with E-state index in [1.807, 2.05) is 6.07 Å². The zero-order valence-electron chi connectivity index (χ0n) is 13.5. The number of halogens is 3. The van der Waals surface area contributed by atoms with Gasteiger partial charge in [-0.15, -0.1) is 0 Å². The van der Waals surface area contributed by atoms with E-state index < -0.39 is 18.5 Å². The molecule has 0 spiro atoms. The van der Waals surface area contributed by atoms with Crippen molar-refractivity contribution in [1.82, 2.24) is 0 Å². The van der Waals surface area contributed by atoms with Gasteiger partial charge in [-0.25, -0.2) is 4.79 Å². The lowest BCUT2D eigenvalue weighted by Crippen LogP contribution is -2.13. The molecule has 6 nitrogen and oxygen atoms in total. The van der Waals surface area contributed by atoms with Gasteiger partial charge in [0, 0.05) is 10.7 Å². The first-order valence-corrected chi connectivity index (χ1v) is 9.29. The van der Waals surface area contributed by atoms with Crippen molar-refractivity contribution >= 4 is 67.1 Å². The number of carbonyl (C=O) groups excluding carboxylic acids is 1. The molecule has 0 atom stereocenters. The minimum atomic E-state index is -1.11. The van der Waals surface area contributed by atoms with Crippen LogP contribution in [0.2, 0.25) is 5.02 Å². The molecule has 138 valence electrons. The van der Waals surface area contributed by atoms with Gasteiger partial charge in [-0.2, -0.15) is 5.26 Å². The molecule has 27 heavy (non-hydrogen) atoms. The van der Waals surface area contributed by atoms with Crippen molar-refractivity contribution in [3.63, 3.8) is 0 Å². The van der Waals surface area contributed by atoms with Crippen LogP contribution in [0.1, 0.15) is 5.56 Å². The maximum Gasteiger partial charge on any atom is 0.341 e. The van der Waals surface area contributed by atoms with Gasteiger partial charge in [-0.1, -0.05) is 17.7 Å². The third kappa shape index (κ3) is 6.10. The molecule has 0 unspecified atom stereocenters. The number of hydrogen-bond donors (Lipinski definition) is 2. The monoisotopic (exact) mass is 512 g/mol. The second-order valence-electron chi connectivity index (χ2n) is 5.13. The van der Waals surface area contributed by atoms with Crippen LogP contribution < -0.4 is 10.1 Å². The van der Waals surface area contributed by atoms with Crippen molar-refractivity contribution in [1.29, 1.82) is 5.26 Å². The average molecular weight is 515 g/mol. The van der Waals surface area contributed by atoms with Gasteiger partial charge in [0.25, 0.3) is 5.91 Å². The number of anilines is 1. The Kier molecular flexibility index (Phi) is 7.42. The summed E-state index contributed by atoms with van der Waals surface area (Å²) in [5.41, 5.74) is 0.885. The van der Waals surface area contributed by atoms with Crippen molar-refractivity contribution in [2.75, 3.05) is 11.9 Å². The van der Waals surface area contributed by atoms with E-state index in [0.717, 1.165) is 0 Å². The Hall–Kier alpha value is -2.34. The van der Waals surface area contributed by atoms with Crippen molar-refractivity contribution in [3.8, 4) is 11.8 Å². The van der Waals surface area contributed by atoms with E-state index in [4.69, 9.17) is 21.4 Å². The summed E-state index contributed by atoms with van der Waals surface area (Å²) in [5, 5.41) is 21.1. The van der Waals surface area contributed by atoms with Gasteiger partial charge >= 0.3 is 5.97 Å². The Morgan fingerprint density at radius 2 is 1.93 bits per heavy atom. The van der Waals surface area contributed by atoms with Gasteiger partial charge in [0.15, 0.2) is 6.61 Å². The molecule has 0 bridgehead atoms. The first-order chi connectivity index (χ1) is 12.8. The molecule has 0 saturated carbocycles. The molecule has 0 aromatic heterocycles. The molecule has 0 heterocycles. The normalized spacial score (nSPS) is 10.8. The van der Waals surface area contributed by atoms with Crippen molar-refractivity contribution < 1.29 is 19.4 Å². The summed E-state index contributed by atoms with van der Waals surface area (Å²) in [6, 6.07) is 11.6. The second kappa shape index (κ2) is 9.55. The SMILES string of the molecule is N#C/C(=C\c1cc(Br)c(OCC(=O)O)c(Br)c1)C(=O)Nc1cccc(Cl)c1. The maximum absolute atomic E-state index is 12.3. The summed E-state index contributed by atoms with van der Waals surface area (Å²) in [6.45, 7) is -0.502. The molecule has 2 aromatic rings. The van der Waals surface area contributed by atoms with Crippen molar-refractivity contribution in [3.05, 3.63) is 61.5 Å². The van der Waals surface area contributed by atoms with Crippen LogP contribution in [0, 0.1) is 11.3 Å². The molecule has 2 N–H and O–H groups in total. The predicted octanol–water partition coefficient (Wildman–Crippen LogP) is 4.87. The Balaban J connectivity index is 2.25. The van der Waals surface area contributed by atoms with Crippen molar-refractivity contribution in [2.24, 2.45) is 0 Å². The fourth-order valence-electron chi connectivity index (χ4n) is 2.01. The van der Waals surface area contributed by atoms with Gasteiger partial charge < -0.3 is 15.2 Å². The number of benzene rings is 2. The quantitative estimate of drug-likeness (QED) is 0.423. The first kappa shape index (κ1) is 21.0. The lowest BCUT2D eigenvalue weighted by atomic mass is 10.1. The largest absolute Gasteiger partial charge is 0.480 e. The number of nitrogens with zero attached hydrogens (tertiary/aromatic N) is 1. The Labute approximate surface area is 176 Å². The molecule has 0 aliphatic rings. The molecule has 1 amide bonds. The third-order valence-corrected chi connectivity index (χ3v) is 4.53. The topological polar surface area (TPSA) is 99.4 Å². The third-order valence-electron chi connectivity index (χ3n) is 3.12. The standard InChI is InChI=1S/C18H11Br2ClN2O4/c19-14-5-10(6-15(20)17(14)27-9-16(24)25)4-11(8-22)18(26)23-13-3-1-2-12(21)7-13/h1-7H,9H2,(H,23,26)(H,24,25)/b11-4+. The number of nitriles is 1. The predicted molar refractivity (Wildman–Crippen MR) is 109 cm³/mol. The van der Waals surface area contributed by atoms with Crippen LogP contribution in [-0.4, -0.2) is 23.6 Å². The highest BCUT2D eigenvalue weighted by atomic mass is 79.9. The molecular formula is C18H11Br2ClN2O4. The van der Waals surface area contributed by atoms with Gasteiger partial charge in [-0.3, -0.25) is 4.79 Å². The van der Waals surface area contributed by atoms with E-state index in [1.165, 1.54) is 6.08 Å². The summed E-state index contributed by atoms with van der Waals surface area (Å²) in [7, 11) is 0. The molecule has 0 aliphatic carbocycles. The molecule has 9 heteroatoms. The van der Waals surface area contributed by atoms with E-state index >= 15 is 0 Å². The maximum atomic E-state index is 12.3. The van der Waals surface area contributed by atoms with Gasteiger partial charge in [0.1, 0.15) is 17.4 Å². The summed E-state index contributed by atoms with van der Waals surface area (Å²) < 4.78 is 6.12. The second-order valence-corrected chi connectivity index (χ2v) is 7.28. The molecule has 0 fully saturated rings. The number of aliphatic carboxylic acids is 1. The van der Waals surface area contributed by atoms with E-state index in [1.54, 1.807) is 36.4 Å². The minimum Gasteiger partial charge on any atom is -0.480 e. The van der Waals surface area contributed by atoms with E-state index in [0.29, 0.717) is 31.0 Å². The number of amides is 1. The number of rotatable bonds is 6. The van der Waals surface area contributed by atoms with Crippen LogP contribution in [0.15, 0.2) is 50.9 Å². The fraction of sp³-hybridized carbons (Fsp3) is 0.0556. The number of nitrogens with one attached hydrogen (secondary N) is 1. The van der Waals surface area contributed by atoms with Crippen LogP contribution in [0.25, 0.3) is 6.08 Å². The number of ether oxygens (including phenoxy) is 1. The lowest BCUT2D eigenvalue weighted by Gasteiger charge is -2.10. The summed E-state index contributed by atoms with van der Waals surface area (Å²) in [6.07, 6.45) is 1.40. The molecule has 0 saturated heterocycles. The average Bonchev–Trinajstić information content (AvgIpc) is 2.58. The highest BCUT2D eigenvalue weighted by molar-refractivity contribution is 9.11.